The van der Waals surface area contributed by atoms with E-state index in [1.165, 1.54) is 35.3 Å². The van der Waals surface area contributed by atoms with Crippen molar-refractivity contribution in [3.05, 3.63) is 23.0 Å². The minimum atomic E-state index is 0.563. The molecule has 0 bridgehead atoms. The van der Waals surface area contributed by atoms with Crippen LogP contribution in [0, 0.1) is 6.92 Å². The molecule has 0 aromatic carbocycles. The van der Waals surface area contributed by atoms with Gasteiger partial charge in [-0.1, -0.05) is 13.8 Å². The summed E-state index contributed by atoms with van der Waals surface area (Å²) in [5.74, 6) is 0.563. The average Bonchev–Trinajstić information content (AvgIpc) is 2.43. The Morgan fingerprint density at radius 2 is 2.13 bits per heavy atom. The monoisotopic (exact) mass is 204 g/mol. The molecule has 0 atom stereocenters. The predicted molar refractivity (Wildman–Crippen MR) is 64.5 cm³/mol. The molecule has 2 heterocycles. The van der Waals surface area contributed by atoms with Crippen LogP contribution in [0.2, 0.25) is 0 Å². The maximum absolute atomic E-state index is 4.60. The van der Waals surface area contributed by atoms with Crippen LogP contribution in [0.15, 0.2) is 6.20 Å². The summed E-state index contributed by atoms with van der Waals surface area (Å²) in [6.45, 7) is 7.77. The van der Waals surface area contributed by atoms with E-state index in [0.29, 0.717) is 5.92 Å². The first-order chi connectivity index (χ1) is 7.20. The SMILES string of the molecule is Cc1c(C(C)C)cnc2c1NCCCC2. The molecule has 1 aromatic heterocycles. The number of aryl methyl sites for hydroxylation is 1. The highest BCUT2D eigenvalue weighted by atomic mass is 14.9. The maximum atomic E-state index is 4.60. The lowest BCUT2D eigenvalue weighted by Gasteiger charge is -2.16. The van der Waals surface area contributed by atoms with E-state index >= 15 is 0 Å². The van der Waals surface area contributed by atoms with Crippen LogP contribution in [0.4, 0.5) is 5.69 Å². The maximum Gasteiger partial charge on any atom is 0.0637 e. The Morgan fingerprint density at radius 1 is 1.33 bits per heavy atom. The molecule has 0 unspecified atom stereocenters. The molecule has 1 aliphatic heterocycles. The van der Waals surface area contributed by atoms with E-state index in [4.69, 9.17) is 0 Å². The van der Waals surface area contributed by atoms with Crippen molar-refractivity contribution in [3.8, 4) is 0 Å². The topological polar surface area (TPSA) is 24.9 Å². The van der Waals surface area contributed by atoms with Gasteiger partial charge < -0.3 is 5.32 Å². The number of rotatable bonds is 1. The molecule has 0 saturated carbocycles. The van der Waals surface area contributed by atoms with Gasteiger partial charge in [-0.05, 0) is 43.2 Å². The van der Waals surface area contributed by atoms with E-state index in [2.05, 4.69) is 37.3 Å². The van der Waals surface area contributed by atoms with Crippen molar-refractivity contribution in [1.82, 2.24) is 4.98 Å². The molecule has 0 saturated heterocycles. The molecular weight excluding hydrogens is 184 g/mol. The highest BCUT2D eigenvalue weighted by molar-refractivity contribution is 5.58. The molecule has 0 amide bonds. The van der Waals surface area contributed by atoms with Crippen LogP contribution in [0.3, 0.4) is 0 Å². The standard InChI is InChI=1S/C13H20N2/c1-9(2)11-8-15-12-6-4-5-7-14-13(12)10(11)3/h8-9,14H,4-7H2,1-3H3. The third-order valence-corrected chi connectivity index (χ3v) is 3.22. The van der Waals surface area contributed by atoms with Gasteiger partial charge in [-0.3, -0.25) is 4.98 Å². The Morgan fingerprint density at radius 3 is 2.87 bits per heavy atom. The fraction of sp³-hybridized carbons (Fsp3) is 0.615. The van der Waals surface area contributed by atoms with Crippen molar-refractivity contribution in [2.75, 3.05) is 11.9 Å². The summed E-state index contributed by atoms with van der Waals surface area (Å²) in [5.41, 5.74) is 5.34. The van der Waals surface area contributed by atoms with Gasteiger partial charge in [0.1, 0.15) is 0 Å². The van der Waals surface area contributed by atoms with Crippen molar-refractivity contribution in [2.45, 2.75) is 46.0 Å². The largest absolute Gasteiger partial charge is 0.383 e. The molecule has 1 N–H and O–H groups in total. The van der Waals surface area contributed by atoms with Gasteiger partial charge in [-0.25, -0.2) is 0 Å². The third kappa shape index (κ3) is 1.99. The van der Waals surface area contributed by atoms with Gasteiger partial charge in [0.05, 0.1) is 11.4 Å². The van der Waals surface area contributed by atoms with E-state index in [-0.39, 0.29) is 0 Å². The summed E-state index contributed by atoms with van der Waals surface area (Å²) in [6.07, 6.45) is 5.70. The van der Waals surface area contributed by atoms with Crippen LogP contribution in [-0.4, -0.2) is 11.5 Å². The summed E-state index contributed by atoms with van der Waals surface area (Å²) in [6, 6.07) is 0. The number of hydrogen-bond donors (Lipinski definition) is 1. The van der Waals surface area contributed by atoms with Gasteiger partial charge in [0, 0.05) is 12.7 Å². The van der Waals surface area contributed by atoms with Gasteiger partial charge >= 0.3 is 0 Å². The molecule has 2 rings (SSSR count). The molecule has 0 fully saturated rings. The molecule has 1 aromatic rings. The van der Waals surface area contributed by atoms with Gasteiger partial charge in [-0.2, -0.15) is 0 Å². The number of nitrogens with zero attached hydrogens (tertiary/aromatic N) is 1. The molecule has 0 aliphatic carbocycles. The highest BCUT2D eigenvalue weighted by Gasteiger charge is 2.14. The molecule has 0 radical (unpaired) electrons. The number of nitrogens with one attached hydrogen (secondary N) is 1. The zero-order valence-electron chi connectivity index (χ0n) is 9.93. The lowest BCUT2D eigenvalue weighted by atomic mass is 9.97. The first kappa shape index (κ1) is 10.5. The highest BCUT2D eigenvalue weighted by Crippen LogP contribution is 2.29. The Kier molecular flexibility index (Phi) is 2.94. The summed E-state index contributed by atoms with van der Waals surface area (Å²) < 4.78 is 0. The zero-order valence-corrected chi connectivity index (χ0v) is 9.93. The van der Waals surface area contributed by atoms with Gasteiger partial charge in [-0.15, -0.1) is 0 Å². The lowest BCUT2D eigenvalue weighted by molar-refractivity contribution is 0.771. The summed E-state index contributed by atoms with van der Waals surface area (Å²) in [7, 11) is 0. The fourth-order valence-electron chi connectivity index (χ4n) is 2.31. The van der Waals surface area contributed by atoms with Crippen LogP contribution >= 0.6 is 0 Å². The molecule has 0 spiro atoms. The Balaban J connectivity index is 2.46. The normalized spacial score (nSPS) is 15.7. The van der Waals surface area contributed by atoms with E-state index in [0.717, 1.165) is 13.0 Å². The van der Waals surface area contributed by atoms with Gasteiger partial charge in [0.25, 0.3) is 0 Å². The fourth-order valence-corrected chi connectivity index (χ4v) is 2.31. The van der Waals surface area contributed by atoms with Crippen molar-refractivity contribution in [3.63, 3.8) is 0 Å². The molecule has 82 valence electrons. The zero-order chi connectivity index (χ0) is 10.8. The summed E-state index contributed by atoms with van der Waals surface area (Å²) in [4.78, 5) is 4.60. The second-order valence-electron chi connectivity index (χ2n) is 4.70. The molecule has 2 heteroatoms. The molecular formula is C13H20N2. The Labute approximate surface area is 92.1 Å². The van der Waals surface area contributed by atoms with Crippen LogP contribution in [-0.2, 0) is 6.42 Å². The van der Waals surface area contributed by atoms with E-state index in [1.807, 2.05) is 0 Å². The number of anilines is 1. The van der Waals surface area contributed by atoms with Gasteiger partial charge in [0.15, 0.2) is 0 Å². The first-order valence-corrected chi connectivity index (χ1v) is 5.92. The smallest absolute Gasteiger partial charge is 0.0637 e. The summed E-state index contributed by atoms with van der Waals surface area (Å²) in [5, 5.41) is 3.53. The van der Waals surface area contributed by atoms with E-state index in [9.17, 15) is 0 Å². The number of aromatic nitrogens is 1. The minimum absolute atomic E-state index is 0.563. The second-order valence-corrected chi connectivity index (χ2v) is 4.70. The Hall–Kier alpha value is -1.05. The van der Waals surface area contributed by atoms with Crippen molar-refractivity contribution >= 4 is 5.69 Å². The number of fused-ring (bicyclic) bond motifs is 1. The van der Waals surface area contributed by atoms with Gasteiger partial charge in [0.2, 0.25) is 0 Å². The van der Waals surface area contributed by atoms with Crippen LogP contribution < -0.4 is 5.32 Å². The predicted octanol–water partition coefficient (Wildman–Crippen LogP) is 3.26. The van der Waals surface area contributed by atoms with Crippen molar-refractivity contribution in [2.24, 2.45) is 0 Å². The lowest BCUT2D eigenvalue weighted by Crippen LogP contribution is -2.06. The van der Waals surface area contributed by atoms with Crippen molar-refractivity contribution in [1.29, 1.82) is 0 Å². The minimum Gasteiger partial charge on any atom is -0.383 e. The van der Waals surface area contributed by atoms with E-state index in [1.54, 1.807) is 0 Å². The molecule has 2 nitrogen and oxygen atoms in total. The number of hydrogen-bond acceptors (Lipinski definition) is 2. The number of pyridine rings is 1. The van der Waals surface area contributed by atoms with Crippen molar-refractivity contribution < 1.29 is 0 Å². The van der Waals surface area contributed by atoms with Crippen LogP contribution in [0.25, 0.3) is 0 Å². The first-order valence-electron chi connectivity index (χ1n) is 5.92. The average molecular weight is 204 g/mol. The Bertz CT molecular complexity index is 356. The van der Waals surface area contributed by atoms with Crippen LogP contribution in [0.5, 0.6) is 0 Å². The van der Waals surface area contributed by atoms with Crippen LogP contribution in [0.1, 0.15) is 49.4 Å². The van der Waals surface area contributed by atoms with E-state index < -0.39 is 0 Å². The molecule has 1 aliphatic rings. The molecule has 15 heavy (non-hydrogen) atoms. The third-order valence-electron chi connectivity index (χ3n) is 3.22. The quantitative estimate of drug-likeness (QED) is 0.759. The second kappa shape index (κ2) is 4.21. The summed E-state index contributed by atoms with van der Waals surface area (Å²) >= 11 is 0.